The summed E-state index contributed by atoms with van der Waals surface area (Å²) in [4.78, 5) is 22.6. The van der Waals surface area contributed by atoms with Gasteiger partial charge in [-0.15, -0.1) is 13.2 Å². The minimum atomic E-state index is -4.78. The van der Waals surface area contributed by atoms with Crippen LogP contribution in [-0.4, -0.2) is 57.2 Å². The van der Waals surface area contributed by atoms with Crippen molar-refractivity contribution >= 4 is 11.9 Å². The Bertz CT molecular complexity index is 829. The van der Waals surface area contributed by atoms with Crippen LogP contribution in [0.3, 0.4) is 0 Å². The molecule has 0 aliphatic carbocycles. The number of anilines is 1. The Hall–Kier alpha value is -3.08. The van der Waals surface area contributed by atoms with Crippen molar-refractivity contribution in [2.24, 2.45) is 0 Å². The maximum absolute atomic E-state index is 12.7. The molecule has 1 unspecified atom stereocenters. The highest BCUT2D eigenvalue weighted by Gasteiger charge is 2.31. The number of rotatable bonds is 8. The monoisotopic (exact) mass is 414 g/mol. The third kappa shape index (κ3) is 6.49. The molecule has 29 heavy (non-hydrogen) atoms. The largest absolute Gasteiger partial charge is 0.573 e. The molecule has 1 aromatic heterocycles. The number of nitrogens with one attached hydrogen (secondary N) is 1. The van der Waals surface area contributed by atoms with E-state index in [0.717, 1.165) is 12.1 Å². The van der Waals surface area contributed by atoms with Crippen LogP contribution in [0, 0.1) is 0 Å². The van der Waals surface area contributed by atoms with Gasteiger partial charge in [-0.25, -0.2) is 4.98 Å². The van der Waals surface area contributed by atoms with Gasteiger partial charge >= 0.3 is 6.36 Å². The van der Waals surface area contributed by atoms with E-state index >= 15 is 0 Å². The summed E-state index contributed by atoms with van der Waals surface area (Å²) in [6.07, 6.45) is -4.78. The SMILES string of the molecule is COCC(NC(=O)c1cc(OC)nc(N(C)C)n1)c1ccc(OC(F)(F)F)cc1. The number of methoxy groups -OCH3 is 2. The van der Waals surface area contributed by atoms with E-state index in [9.17, 15) is 18.0 Å². The summed E-state index contributed by atoms with van der Waals surface area (Å²) in [6, 6.07) is 5.90. The number of ether oxygens (including phenoxy) is 3. The molecule has 0 bridgehead atoms. The van der Waals surface area contributed by atoms with Gasteiger partial charge in [0.15, 0.2) is 0 Å². The van der Waals surface area contributed by atoms with Crippen LogP contribution in [0.15, 0.2) is 30.3 Å². The van der Waals surface area contributed by atoms with E-state index in [1.807, 2.05) is 0 Å². The van der Waals surface area contributed by atoms with Crippen molar-refractivity contribution in [3.05, 3.63) is 41.6 Å². The highest BCUT2D eigenvalue weighted by atomic mass is 19.4. The van der Waals surface area contributed by atoms with Gasteiger partial charge in [0.1, 0.15) is 11.4 Å². The van der Waals surface area contributed by atoms with Gasteiger partial charge in [0.05, 0.1) is 19.8 Å². The number of carbonyl (C=O) groups excluding carboxylic acids is 1. The molecule has 0 aliphatic heterocycles. The first-order chi connectivity index (χ1) is 13.6. The van der Waals surface area contributed by atoms with Crippen LogP contribution >= 0.6 is 0 Å². The average molecular weight is 414 g/mol. The Morgan fingerprint density at radius 1 is 1.17 bits per heavy atom. The molecule has 1 heterocycles. The number of nitrogens with zero attached hydrogens (tertiary/aromatic N) is 3. The Morgan fingerprint density at radius 2 is 1.83 bits per heavy atom. The van der Waals surface area contributed by atoms with Crippen LogP contribution in [0.25, 0.3) is 0 Å². The second-order valence-electron chi connectivity index (χ2n) is 6.09. The van der Waals surface area contributed by atoms with E-state index in [-0.39, 0.29) is 29.9 Å². The van der Waals surface area contributed by atoms with Gasteiger partial charge in [0.2, 0.25) is 11.8 Å². The molecular weight excluding hydrogens is 393 g/mol. The number of halogens is 3. The first kappa shape index (κ1) is 22.2. The molecule has 2 rings (SSSR count). The fraction of sp³-hybridized carbons (Fsp3) is 0.389. The van der Waals surface area contributed by atoms with Crippen molar-refractivity contribution < 1.29 is 32.2 Å². The first-order valence-electron chi connectivity index (χ1n) is 8.39. The van der Waals surface area contributed by atoms with Crippen LogP contribution in [-0.2, 0) is 4.74 Å². The molecule has 0 spiro atoms. The Morgan fingerprint density at radius 3 is 2.34 bits per heavy atom. The van der Waals surface area contributed by atoms with Crippen LogP contribution in [0.4, 0.5) is 19.1 Å². The predicted molar refractivity (Wildman–Crippen MR) is 98.1 cm³/mol. The highest BCUT2D eigenvalue weighted by Crippen LogP contribution is 2.25. The summed E-state index contributed by atoms with van der Waals surface area (Å²) in [7, 11) is 6.30. The van der Waals surface area contributed by atoms with E-state index in [1.54, 1.807) is 19.0 Å². The molecule has 11 heteroatoms. The molecule has 0 saturated carbocycles. The molecule has 0 saturated heterocycles. The molecule has 1 N–H and O–H groups in total. The molecule has 8 nitrogen and oxygen atoms in total. The fourth-order valence-electron chi connectivity index (χ4n) is 2.36. The number of hydrogen-bond acceptors (Lipinski definition) is 7. The summed E-state index contributed by atoms with van der Waals surface area (Å²) in [6.45, 7) is 0.0912. The lowest BCUT2D eigenvalue weighted by Crippen LogP contribution is -2.32. The average Bonchev–Trinajstić information content (AvgIpc) is 2.66. The summed E-state index contributed by atoms with van der Waals surface area (Å²) in [5, 5.41) is 2.74. The molecule has 2 aromatic rings. The third-order valence-electron chi connectivity index (χ3n) is 3.69. The minimum Gasteiger partial charge on any atom is -0.481 e. The molecule has 158 valence electrons. The van der Waals surface area contributed by atoms with Crippen molar-refractivity contribution in [3.63, 3.8) is 0 Å². The minimum absolute atomic E-state index is 0.0682. The van der Waals surface area contributed by atoms with Crippen LogP contribution in [0.2, 0.25) is 0 Å². The number of carbonyl (C=O) groups is 1. The lowest BCUT2D eigenvalue weighted by atomic mass is 10.1. The van der Waals surface area contributed by atoms with Gasteiger partial charge < -0.3 is 24.4 Å². The quantitative estimate of drug-likeness (QED) is 0.711. The van der Waals surface area contributed by atoms with Gasteiger partial charge in [-0.2, -0.15) is 4.98 Å². The van der Waals surface area contributed by atoms with Crippen molar-refractivity contribution in [3.8, 4) is 11.6 Å². The second-order valence-corrected chi connectivity index (χ2v) is 6.09. The fourth-order valence-corrected chi connectivity index (χ4v) is 2.36. The van der Waals surface area contributed by atoms with Gasteiger partial charge in [-0.05, 0) is 17.7 Å². The lowest BCUT2D eigenvalue weighted by molar-refractivity contribution is -0.274. The van der Waals surface area contributed by atoms with Crippen molar-refractivity contribution in [1.29, 1.82) is 0 Å². The van der Waals surface area contributed by atoms with E-state index in [0.29, 0.717) is 5.56 Å². The lowest BCUT2D eigenvalue weighted by Gasteiger charge is -2.19. The molecule has 0 fully saturated rings. The summed E-state index contributed by atoms with van der Waals surface area (Å²) in [5.41, 5.74) is 0.599. The van der Waals surface area contributed by atoms with Gasteiger partial charge in [0, 0.05) is 27.3 Å². The molecule has 0 aliphatic rings. The first-order valence-corrected chi connectivity index (χ1v) is 8.39. The number of benzene rings is 1. The van der Waals surface area contributed by atoms with Crippen LogP contribution in [0.1, 0.15) is 22.1 Å². The Balaban J connectivity index is 2.22. The molecule has 1 atom stereocenters. The molecular formula is C18H21F3N4O4. The van der Waals surface area contributed by atoms with Crippen molar-refractivity contribution in [2.75, 3.05) is 39.8 Å². The number of hydrogen-bond donors (Lipinski definition) is 1. The van der Waals surface area contributed by atoms with E-state index in [1.165, 1.54) is 32.4 Å². The number of amides is 1. The van der Waals surface area contributed by atoms with E-state index in [2.05, 4.69) is 20.0 Å². The van der Waals surface area contributed by atoms with Gasteiger partial charge in [-0.3, -0.25) is 4.79 Å². The zero-order chi connectivity index (χ0) is 21.6. The zero-order valence-electron chi connectivity index (χ0n) is 16.3. The van der Waals surface area contributed by atoms with Crippen molar-refractivity contribution in [2.45, 2.75) is 12.4 Å². The van der Waals surface area contributed by atoms with Crippen LogP contribution in [0.5, 0.6) is 11.6 Å². The second kappa shape index (κ2) is 9.41. The summed E-state index contributed by atoms with van der Waals surface area (Å²) in [5.74, 6) is -0.386. The van der Waals surface area contributed by atoms with E-state index in [4.69, 9.17) is 9.47 Å². The molecule has 1 amide bonds. The Labute approximate surface area is 165 Å². The third-order valence-corrected chi connectivity index (χ3v) is 3.69. The zero-order valence-corrected chi connectivity index (χ0v) is 16.3. The van der Waals surface area contributed by atoms with Gasteiger partial charge in [0.25, 0.3) is 5.91 Å². The predicted octanol–water partition coefficient (Wildman–Crippen LogP) is 2.57. The summed E-state index contributed by atoms with van der Waals surface area (Å²) >= 11 is 0. The maximum Gasteiger partial charge on any atom is 0.573 e. The summed E-state index contributed by atoms with van der Waals surface area (Å²) < 4.78 is 51.0. The maximum atomic E-state index is 12.7. The standard InChI is InChI=1S/C18H21F3N4O4/c1-25(2)17-23-13(9-15(24-17)28-4)16(26)22-14(10-27-3)11-5-7-12(8-6-11)29-18(19,20)21/h5-9,14H,10H2,1-4H3,(H,22,26). The highest BCUT2D eigenvalue weighted by molar-refractivity contribution is 5.93. The topological polar surface area (TPSA) is 85.8 Å². The van der Waals surface area contributed by atoms with Gasteiger partial charge in [-0.1, -0.05) is 12.1 Å². The smallest absolute Gasteiger partial charge is 0.481 e. The number of aromatic nitrogens is 2. The number of alkyl halides is 3. The normalized spacial score (nSPS) is 12.2. The molecule has 1 aromatic carbocycles. The van der Waals surface area contributed by atoms with E-state index < -0.39 is 18.3 Å². The van der Waals surface area contributed by atoms with Crippen LogP contribution < -0.4 is 19.7 Å². The Kier molecular flexibility index (Phi) is 7.21. The van der Waals surface area contributed by atoms with Crippen molar-refractivity contribution in [1.82, 2.24) is 15.3 Å². The molecule has 0 radical (unpaired) electrons.